The summed E-state index contributed by atoms with van der Waals surface area (Å²) in [5.74, 6) is 4.01. The molecule has 1 aliphatic rings. The average molecular weight is 177 g/mol. The van der Waals surface area contributed by atoms with Gasteiger partial charge in [0.15, 0.2) is 0 Å². The predicted octanol–water partition coefficient (Wildman–Crippen LogP) is 1.44. The first-order chi connectivity index (χ1) is 4.84. The lowest BCUT2D eigenvalue weighted by molar-refractivity contribution is 0.608. The Morgan fingerprint density at radius 3 is 2.80 bits per heavy atom. The van der Waals surface area contributed by atoms with E-state index in [2.05, 4.69) is 35.8 Å². The van der Waals surface area contributed by atoms with Crippen LogP contribution in [0.25, 0.3) is 0 Å². The van der Waals surface area contributed by atoms with Gasteiger partial charge in [-0.15, -0.1) is 0 Å². The molecule has 10 heavy (non-hydrogen) atoms. The van der Waals surface area contributed by atoms with Crippen LogP contribution >= 0.6 is 23.5 Å². The maximum absolute atomic E-state index is 3.30. The molecule has 1 aliphatic heterocycles. The van der Waals surface area contributed by atoms with Crippen molar-refractivity contribution in [3.8, 4) is 0 Å². The van der Waals surface area contributed by atoms with E-state index >= 15 is 0 Å². The van der Waals surface area contributed by atoms with E-state index in [1.54, 1.807) is 0 Å². The van der Waals surface area contributed by atoms with E-state index in [1.807, 2.05) is 7.05 Å². The first-order valence-electron chi connectivity index (χ1n) is 3.71. The first kappa shape index (κ1) is 8.75. The van der Waals surface area contributed by atoms with Crippen LogP contribution in [0.3, 0.4) is 0 Å². The van der Waals surface area contributed by atoms with Crippen LogP contribution in [-0.2, 0) is 0 Å². The maximum atomic E-state index is 3.30. The molecule has 60 valence electrons. The van der Waals surface area contributed by atoms with Crippen molar-refractivity contribution in [2.45, 2.75) is 18.2 Å². The van der Waals surface area contributed by atoms with Gasteiger partial charge in [0, 0.05) is 28.6 Å². The second-order valence-corrected chi connectivity index (χ2v) is 5.06. The molecule has 0 saturated carbocycles. The van der Waals surface area contributed by atoms with Gasteiger partial charge in [0.05, 0.1) is 0 Å². The molecule has 2 atom stereocenters. The van der Waals surface area contributed by atoms with Gasteiger partial charge in [-0.1, -0.05) is 0 Å². The standard InChI is InChI=1S/C7H15NS2/c1-6(8-2)7-5-9-3-4-10-7/h6-8H,3-5H2,1-2H3. The number of thioether (sulfide) groups is 2. The second-order valence-electron chi connectivity index (χ2n) is 2.56. The highest BCUT2D eigenvalue weighted by Crippen LogP contribution is 2.25. The minimum Gasteiger partial charge on any atom is -0.316 e. The molecule has 1 saturated heterocycles. The van der Waals surface area contributed by atoms with Crippen molar-refractivity contribution in [3.63, 3.8) is 0 Å². The molecule has 0 spiro atoms. The SMILES string of the molecule is CNC(C)C1CSCCS1. The van der Waals surface area contributed by atoms with Crippen molar-refractivity contribution in [2.75, 3.05) is 24.3 Å². The van der Waals surface area contributed by atoms with Crippen LogP contribution in [0, 0.1) is 0 Å². The van der Waals surface area contributed by atoms with Gasteiger partial charge in [-0.25, -0.2) is 0 Å². The smallest absolute Gasteiger partial charge is 0.0289 e. The molecule has 0 amide bonds. The van der Waals surface area contributed by atoms with E-state index in [-0.39, 0.29) is 0 Å². The number of rotatable bonds is 2. The molecule has 1 fully saturated rings. The Hall–Kier alpha value is 0.660. The van der Waals surface area contributed by atoms with Gasteiger partial charge < -0.3 is 5.32 Å². The molecule has 0 aliphatic carbocycles. The van der Waals surface area contributed by atoms with Crippen LogP contribution < -0.4 is 5.32 Å². The fourth-order valence-corrected chi connectivity index (χ4v) is 3.93. The van der Waals surface area contributed by atoms with Gasteiger partial charge in [0.2, 0.25) is 0 Å². The zero-order valence-electron chi connectivity index (χ0n) is 6.59. The molecule has 0 radical (unpaired) electrons. The number of nitrogens with one attached hydrogen (secondary N) is 1. The van der Waals surface area contributed by atoms with Gasteiger partial charge in [-0.2, -0.15) is 23.5 Å². The lowest BCUT2D eigenvalue weighted by Gasteiger charge is -2.26. The third-order valence-corrected chi connectivity index (χ3v) is 4.85. The highest BCUT2D eigenvalue weighted by atomic mass is 32.2. The van der Waals surface area contributed by atoms with Crippen molar-refractivity contribution in [1.82, 2.24) is 5.32 Å². The van der Waals surface area contributed by atoms with Crippen molar-refractivity contribution in [2.24, 2.45) is 0 Å². The van der Waals surface area contributed by atoms with Crippen LogP contribution in [0.15, 0.2) is 0 Å². The quantitative estimate of drug-likeness (QED) is 0.685. The van der Waals surface area contributed by atoms with Gasteiger partial charge in [0.1, 0.15) is 0 Å². The molecule has 0 aromatic carbocycles. The largest absolute Gasteiger partial charge is 0.316 e. The fraction of sp³-hybridized carbons (Fsp3) is 1.00. The molecule has 2 unspecified atom stereocenters. The molecular formula is C7H15NS2. The second kappa shape index (κ2) is 4.52. The van der Waals surface area contributed by atoms with Gasteiger partial charge in [-0.3, -0.25) is 0 Å². The monoisotopic (exact) mass is 177 g/mol. The predicted molar refractivity (Wildman–Crippen MR) is 52.1 cm³/mol. The van der Waals surface area contributed by atoms with E-state index in [0.29, 0.717) is 6.04 Å². The van der Waals surface area contributed by atoms with Crippen LogP contribution in [0.5, 0.6) is 0 Å². The summed E-state index contributed by atoms with van der Waals surface area (Å²) in [5.41, 5.74) is 0. The van der Waals surface area contributed by atoms with E-state index < -0.39 is 0 Å². The highest BCUT2D eigenvalue weighted by Gasteiger charge is 2.18. The summed E-state index contributed by atoms with van der Waals surface area (Å²) >= 11 is 4.20. The average Bonchev–Trinajstić information content (AvgIpc) is 2.05. The summed E-state index contributed by atoms with van der Waals surface area (Å²) in [6.07, 6.45) is 0. The third-order valence-electron chi connectivity index (χ3n) is 1.85. The Bertz CT molecular complexity index is 91.6. The summed E-state index contributed by atoms with van der Waals surface area (Å²) in [6, 6.07) is 0.679. The molecule has 1 N–H and O–H groups in total. The van der Waals surface area contributed by atoms with Gasteiger partial charge >= 0.3 is 0 Å². The molecule has 0 bridgehead atoms. The molecule has 1 rings (SSSR count). The van der Waals surface area contributed by atoms with Crippen LogP contribution in [0.4, 0.5) is 0 Å². The number of hydrogen-bond donors (Lipinski definition) is 1. The van der Waals surface area contributed by atoms with Crippen molar-refractivity contribution in [1.29, 1.82) is 0 Å². The van der Waals surface area contributed by atoms with E-state index in [4.69, 9.17) is 0 Å². The van der Waals surface area contributed by atoms with Crippen LogP contribution in [0.1, 0.15) is 6.92 Å². The lowest BCUT2D eigenvalue weighted by atomic mass is 10.2. The summed E-state index contributed by atoms with van der Waals surface area (Å²) in [4.78, 5) is 0. The fourth-order valence-electron chi connectivity index (χ4n) is 0.981. The molecule has 0 aromatic rings. The van der Waals surface area contributed by atoms with Crippen LogP contribution in [-0.4, -0.2) is 35.6 Å². The normalized spacial score (nSPS) is 30.0. The third kappa shape index (κ3) is 2.36. The van der Waals surface area contributed by atoms with Gasteiger partial charge in [0.25, 0.3) is 0 Å². The Balaban J connectivity index is 2.24. The minimum absolute atomic E-state index is 0.679. The highest BCUT2D eigenvalue weighted by molar-refractivity contribution is 8.06. The Morgan fingerprint density at radius 1 is 1.50 bits per heavy atom. The summed E-state index contributed by atoms with van der Waals surface area (Å²) < 4.78 is 0. The zero-order chi connectivity index (χ0) is 7.40. The number of hydrogen-bond acceptors (Lipinski definition) is 3. The topological polar surface area (TPSA) is 12.0 Å². The van der Waals surface area contributed by atoms with Crippen LogP contribution in [0.2, 0.25) is 0 Å². The maximum Gasteiger partial charge on any atom is 0.0289 e. The summed E-state index contributed by atoms with van der Waals surface area (Å²) in [5, 5.41) is 4.14. The van der Waals surface area contributed by atoms with Gasteiger partial charge in [-0.05, 0) is 14.0 Å². The minimum atomic E-state index is 0.679. The summed E-state index contributed by atoms with van der Waals surface area (Å²) in [6.45, 7) is 2.27. The van der Waals surface area contributed by atoms with E-state index in [1.165, 1.54) is 17.3 Å². The molecule has 3 heteroatoms. The van der Waals surface area contributed by atoms with Crippen molar-refractivity contribution >= 4 is 23.5 Å². The Morgan fingerprint density at radius 2 is 2.30 bits per heavy atom. The molecule has 1 heterocycles. The first-order valence-corrected chi connectivity index (χ1v) is 5.91. The van der Waals surface area contributed by atoms with E-state index in [9.17, 15) is 0 Å². The van der Waals surface area contributed by atoms with Crippen molar-refractivity contribution in [3.05, 3.63) is 0 Å². The molecule has 0 aromatic heterocycles. The molecule has 1 nitrogen and oxygen atoms in total. The Labute approximate surface area is 71.7 Å². The summed E-state index contributed by atoms with van der Waals surface area (Å²) in [7, 11) is 2.05. The molecular weight excluding hydrogens is 162 g/mol. The lowest BCUT2D eigenvalue weighted by Crippen LogP contribution is -2.36. The van der Waals surface area contributed by atoms with Crippen molar-refractivity contribution < 1.29 is 0 Å². The van der Waals surface area contributed by atoms with E-state index in [0.717, 1.165) is 5.25 Å². The zero-order valence-corrected chi connectivity index (χ0v) is 8.23. The Kier molecular flexibility index (Phi) is 3.96.